The van der Waals surface area contributed by atoms with Crippen LogP contribution in [0.3, 0.4) is 0 Å². The van der Waals surface area contributed by atoms with Gasteiger partial charge in [0, 0.05) is 36.7 Å². The number of hydrogen-bond donors (Lipinski definition) is 1. The fourth-order valence-corrected chi connectivity index (χ4v) is 3.61. The van der Waals surface area contributed by atoms with Gasteiger partial charge in [-0.15, -0.1) is 0 Å². The molecule has 2 aliphatic rings. The molecule has 1 aromatic carbocycles. The third kappa shape index (κ3) is 3.07. The van der Waals surface area contributed by atoms with E-state index in [4.69, 9.17) is 10.5 Å². The zero-order valence-electron chi connectivity index (χ0n) is 13.0. The summed E-state index contributed by atoms with van der Waals surface area (Å²) in [6, 6.07) is 8.45. The first-order valence-electron chi connectivity index (χ1n) is 7.84. The van der Waals surface area contributed by atoms with Crippen LogP contribution in [-0.2, 0) is 14.9 Å². The SMILES string of the molecule is CN(CC1(c2ccc(Br)cc2)CC1)C(=O)C1(N)CCOCC1. The van der Waals surface area contributed by atoms with Gasteiger partial charge in [0.1, 0.15) is 0 Å². The van der Waals surface area contributed by atoms with E-state index in [1.807, 2.05) is 11.9 Å². The van der Waals surface area contributed by atoms with Crippen molar-refractivity contribution in [1.82, 2.24) is 4.90 Å². The van der Waals surface area contributed by atoms with E-state index in [1.54, 1.807) is 0 Å². The molecule has 1 aliphatic carbocycles. The van der Waals surface area contributed by atoms with Crippen LogP contribution in [0.2, 0.25) is 0 Å². The van der Waals surface area contributed by atoms with E-state index >= 15 is 0 Å². The van der Waals surface area contributed by atoms with Crippen LogP contribution >= 0.6 is 15.9 Å². The van der Waals surface area contributed by atoms with Crippen LogP contribution in [-0.4, -0.2) is 43.2 Å². The Balaban J connectivity index is 1.69. The number of hydrogen-bond acceptors (Lipinski definition) is 3. The number of rotatable bonds is 4. The van der Waals surface area contributed by atoms with Crippen molar-refractivity contribution < 1.29 is 9.53 Å². The Hall–Kier alpha value is -0.910. The maximum atomic E-state index is 12.7. The molecule has 4 nitrogen and oxygen atoms in total. The summed E-state index contributed by atoms with van der Waals surface area (Å²) in [6.45, 7) is 1.90. The zero-order chi connectivity index (χ0) is 15.8. The zero-order valence-corrected chi connectivity index (χ0v) is 14.6. The lowest BCUT2D eigenvalue weighted by molar-refractivity contribution is -0.139. The number of carbonyl (C=O) groups is 1. The highest BCUT2D eigenvalue weighted by Gasteiger charge is 2.47. The number of nitrogens with two attached hydrogens (primary N) is 1. The molecule has 0 aromatic heterocycles. The van der Waals surface area contributed by atoms with Crippen LogP contribution in [0.4, 0.5) is 0 Å². The minimum Gasteiger partial charge on any atom is -0.381 e. The van der Waals surface area contributed by atoms with E-state index in [2.05, 4.69) is 40.2 Å². The van der Waals surface area contributed by atoms with Crippen LogP contribution in [0, 0.1) is 0 Å². The minimum absolute atomic E-state index is 0.0548. The van der Waals surface area contributed by atoms with Gasteiger partial charge in [-0.05, 0) is 43.4 Å². The van der Waals surface area contributed by atoms with Crippen LogP contribution in [0.5, 0.6) is 0 Å². The maximum Gasteiger partial charge on any atom is 0.242 e. The predicted octanol–water partition coefficient (Wildman–Crippen LogP) is 2.45. The lowest BCUT2D eigenvalue weighted by Crippen LogP contribution is -2.58. The summed E-state index contributed by atoms with van der Waals surface area (Å²) >= 11 is 3.47. The summed E-state index contributed by atoms with van der Waals surface area (Å²) in [4.78, 5) is 14.6. The average Bonchev–Trinajstić information content (AvgIpc) is 3.28. The lowest BCUT2D eigenvalue weighted by atomic mass is 9.88. The normalized spacial score (nSPS) is 22.1. The third-order valence-electron chi connectivity index (χ3n) is 5.01. The van der Waals surface area contributed by atoms with Crippen LogP contribution in [0.1, 0.15) is 31.2 Å². The van der Waals surface area contributed by atoms with Gasteiger partial charge in [-0.25, -0.2) is 0 Å². The summed E-state index contributed by atoms with van der Waals surface area (Å²) in [7, 11) is 1.88. The van der Waals surface area contributed by atoms with Crippen LogP contribution in [0.15, 0.2) is 28.7 Å². The molecule has 0 atom stereocenters. The average molecular weight is 367 g/mol. The van der Waals surface area contributed by atoms with Crippen molar-refractivity contribution in [2.45, 2.75) is 36.6 Å². The minimum atomic E-state index is -0.747. The molecule has 1 amide bonds. The topological polar surface area (TPSA) is 55.6 Å². The Morgan fingerprint density at radius 2 is 1.82 bits per heavy atom. The number of ether oxygens (including phenoxy) is 1. The molecule has 2 fully saturated rings. The first-order valence-corrected chi connectivity index (χ1v) is 8.63. The van der Waals surface area contributed by atoms with Crippen molar-refractivity contribution >= 4 is 21.8 Å². The molecule has 1 aliphatic heterocycles. The van der Waals surface area contributed by atoms with E-state index in [0.29, 0.717) is 26.1 Å². The van der Waals surface area contributed by atoms with Crippen LogP contribution in [0.25, 0.3) is 0 Å². The van der Waals surface area contributed by atoms with Gasteiger partial charge in [0.15, 0.2) is 0 Å². The second-order valence-electron chi connectivity index (χ2n) is 6.72. The van der Waals surface area contributed by atoms with E-state index in [0.717, 1.165) is 23.9 Å². The molecule has 22 heavy (non-hydrogen) atoms. The van der Waals surface area contributed by atoms with Crippen molar-refractivity contribution in [2.75, 3.05) is 26.8 Å². The molecule has 3 rings (SSSR count). The Kier molecular flexibility index (Phi) is 4.32. The Morgan fingerprint density at radius 1 is 1.23 bits per heavy atom. The number of benzene rings is 1. The lowest BCUT2D eigenvalue weighted by Gasteiger charge is -2.36. The first-order chi connectivity index (χ1) is 10.5. The molecule has 0 bridgehead atoms. The first kappa shape index (κ1) is 16.0. The monoisotopic (exact) mass is 366 g/mol. The number of amides is 1. The number of nitrogens with zero attached hydrogens (tertiary/aromatic N) is 1. The maximum absolute atomic E-state index is 12.7. The molecule has 1 saturated carbocycles. The van der Waals surface area contributed by atoms with Crippen molar-refractivity contribution in [3.63, 3.8) is 0 Å². The highest BCUT2D eigenvalue weighted by Crippen LogP contribution is 2.49. The number of carbonyl (C=O) groups excluding carboxylic acids is 1. The largest absolute Gasteiger partial charge is 0.381 e. The van der Waals surface area contributed by atoms with E-state index < -0.39 is 5.54 Å². The van der Waals surface area contributed by atoms with Gasteiger partial charge >= 0.3 is 0 Å². The number of likely N-dealkylation sites (N-methyl/N-ethyl adjacent to an activating group) is 1. The Morgan fingerprint density at radius 3 is 2.36 bits per heavy atom. The van der Waals surface area contributed by atoms with Gasteiger partial charge in [0.25, 0.3) is 0 Å². The van der Waals surface area contributed by atoms with E-state index in [1.165, 1.54) is 5.56 Å². The van der Waals surface area contributed by atoms with Crippen molar-refractivity contribution in [2.24, 2.45) is 5.73 Å². The summed E-state index contributed by atoms with van der Waals surface area (Å²) in [5, 5.41) is 0. The molecule has 5 heteroatoms. The molecular weight excluding hydrogens is 344 g/mol. The van der Waals surface area contributed by atoms with Crippen molar-refractivity contribution in [3.05, 3.63) is 34.3 Å². The molecule has 1 aromatic rings. The van der Waals surface area contributed by atoms with E-state index in [9.17, 15) is 4.79 Å². The van der Waals surface area contributed by atoms with Gasteiger partial charge in [0.05, 0.1) is 5.54 Å². The summed E-state index contributed by atoms with van der Waals surface area (Å²) in [6.07, 6.45) is 3.49. The van der Waals surface area contributed by atoms with Gasteiger partial charge < -0.3 is 15.4 Å². The molecule has 120 valence electrons. The Bertz CT molecular complexity index is 548. The highest BCUT2D eigenvalue weighted by molar-refractivity contribution is 9.10. The second kappa shape index (κ2) is 5.95. The van der Waals surface area contributed by atoms with Gasteiger partial charge in [-0.3, -0.25) is 4.79 Å². The quantitative estimate of drug-likeness (QED) is 0.890. The summed E-state index contributed by atoms with van der Waals surface area (Å²) < 4.78 is 6.42. The second-order valence-corrected chi connectivity index (χ2v) is 7.63. The van der Waals surface area contributed by atoms with E-state index in [-0.39, 0.29) is 11.3 Å². The van der Waals surface area contributed by atoms with Gasteiger partial charge in [0.2, 0.25) is 5.91 Å². The molecule has 1 heterocycles. The number of halogens is 1. The molecule has 0 spiro atoms. The van der Waals surface area contributed by atoms with Crippen molar-refractivity contribution in [3.8, 4) is 0 Å². The van der Waals surface area contributed by atoms with Gasteiger partial charge in [-0.2, -0.15) is 0 Å². The fourth-order valence-electron chi connectivity index (χ4n) is 3.35. The third-order valence-corrected chi connectivity index (χ3v) is 5.54. The summed E-state index contributed by atoms with van der Waals surface area (Å²) in [5.41, 5.74) is 7.01. The fraction of sp³-hybridized carbons (Fsp3) is 0.588. The smallest absolute Gasteiger partial charge is 0.242 e. The summed E-state index contributed by atoms with van der Waals surface area (Å²) in [5.74, 6) is 0.0548. The highest BCUT2D eigenvalue weighted by atomic mass is 79.9. The van der Waals surface area contributed by atoms with Gasteiger partial charge in [-0.1, -0.05) is 28.1 Å². The molecule has 0 unspecified atom stereocenters. The Labute approximate surface area is 140 Å². The predicted molar refractivity (Wildman–Crippen MR) is 89.7 cm³/mol. The molecule has 1 saturated heterocycles. The molecule has 2 N–H and O–H groups in total. The van der Waals surface area contributed by atoms with Crippen LogP contribution < -0.4 is 5.73 Å². The standard InChI is InChI=1S/C17H23BrN2O2/c1-20(15(21)17(19)8-10-22-11-9-17)12-16(6-7-16)13-2-4-14(18)5-3-13/h2-5H,6-12,19H2,1H3. The molecular formula is C17H23BrN2O2. The van der Waals surface area contributed by atoms with Crippen molar-refractivity contribution in [1.29, 1.82) is 0 Å². The molecule has 0 radical (unpaired) electrons.